The molecule has 3 N–H and O–H groups in total. The second kappa shape index (κ2) is 14.0. The van der Waals surface area contributed by atoms with Crippen molar-refractivity contribution >= 4 is 29.9 Å². The lowest BCUT2D eigenvalue weighted by atomic mass is 10.1. The molecule has 0 saturated carbocycles. The van der Waals surface area contributed by atoms with E-state index < -0.39 is 6.10 Å². The zero-order valence-electron chi connectivity index (χ0n) is 18.8. The van der Waals surface area contributed by atoms with E-state index in [1.54, 1.807) is 14.2 Å². The van der Waals surface area contributed by atoms with Crippen LogP contribution in [-0.2, 0) is 6.54 Å². The van der Waals surface area contributed by atoms with Crippen LogP contribution < -0.4 is 24.8 Å². The predicted octanol–water partition coefficient (Wildman–Crippen LogP) is 3.90. The molecule has 2 aromatic carbocycles. The number of nitrogens with one attached hydrogen (secondary N) is 2. The first-order valence-electron chi connectivity index (χ1n) is 10.1. The van der Waals surface area contributed by atoms with E-state index in [1.165, 1.54) is 0 Å². The lowest BCUT2D eigenvalue weighted by Crippen LogP contribution is -2.39. The number of nitrogens with zero attached hydrogens (tertiary/aromatic N) is 1. The molecular formula is C23H34IN3O4. The Kier molecular flexibility index (Phi) is 12.1. The molecule has 0 spiro atoms. The summed E-state index contributed by atoms with van der Waals surface area (Å²) in [5, 5.41) is 17.0. The van der Waals surface area contributed by atoms with Crippen LogP contribution >= 0.6 is 24.0 Å². The lowest BCUT2D eigenvalue weighted by molar-refractivity contribution is 0.179. The van der Waals surface area contributed by atoms with Crippen LogP contribution in [0.25, 0.3) is 0 Å². The Labute approximate surface area is 202 Å². The summed E-state index contributed by atoms with van der Waals surface area (Å²) in [6.07, 6.45) is -0.606. The van der Waals surface area contributed by atoms with Crippen molar-refractivity contribution in [2.45, 2.75) is 39.5 Å². The predicted molar refractivity (Wildman–Crippen MR) is 135 cm³/mol. The van der Waals surface area contributed by atoms with Crippen molar-refractivity contribution < 1.29 is 19.3 Å². The van der Waals surface area contributed by atoms with Crippen molar-refractivity contribution in [3.8, 4) is 17.2 Å². The molecule has 0 aliphatic rings. The molecule has 0 bridgehead atoms. The van der Waals surface area contributed by atoms with Gasteiger partial charge in [0, 0.05) is 13.1 Å². The van der Waals surface area contributed by atoms with Crippen molar-refractivity contribution in [1.29, 1.82) is 0 Å². The fourth-order valence-electron chi connectivity index (χ4n) is 2.87. The minimum atomic E-state index is -0.689. The van der Waals surface area contributed by atoms with Gasteiger partial charge in [0.25, 0.3) is 0 Å². The molecule has 0 amide bonds. The monoisotopic (exact) mass is 543 g/mol. The highest BCUT2D eigenvalue weighted by atomic mass is 127. The highest BCUT2D eigenvalue weighted by Gasteiger charge is 2.11. The largest absolute Gasteiger partial charge is 0.493 e. The van der Waals surface area contributed by atoms with Crippen molar-refractivity contribution in [3.63, 3.8) is 0 Å². The Morgan fingerprint density at radius 2 is 1.77 bits per heavy atom. The van der Waals surface area contributed by atoms with Crippen LogP contribution in [0, 0.1) is 0 Å². The number of guanidine groups is 1. The Bertz CT molecular complexity index is 830. The molecule has 172 valence electrons. The van der Waals surface area contributed by atoms with E-state index in [0.29, 0.717) is 37.1 Å². The van der Waals surface area contributed by atoms with Gasteiger partial charge in [-0.25, -0.2) is 4.99 Å². The van der Waals surface area contributed by atoms with Gasteiger partial charge >= 0.3 is 0 Å². The van der Waals surface area contributed by atoms with Crippen LogP contribution in [0.5, 0.6) is 17.2 Å². The number of aliphatic imine (C=N–C) groups is 1. The summed E-state index contributed by atoms with van der Waals surface area (Å²) < 4.78 is 16.3. The molecule has 0 saturated heterocycles. The number of ether oxygens (including phenoxy) is 3. The average molecular weight is 543 g/mol. The number of hydrogen-bond acceptors (Lipinski definition) is 5. The van der Waals surface area contributed by atoms with Gasteiger partial charge in [-0.05, 0) is 56.2 Å². The van der Waals surface area contributed by atoms with Gasteiger partial charge < -0.3 is 30.0 Å². The summed E-state index contributed by atoms with van der Waals surface area (Å²) in [6.45, 7) is 7.44. The van der Waals surface area contributed by atoms with E-state index >= 15 is 0 Å². The first-order chi connectivity index (χ1) is 14.5. The van der Waals surface area contributed by atoms with Crippen LogP contribution in [0.1, 0.15) is 38.0 Å². The van der Waals surface area contributed by atoms with Crippen LogP contribution in [0.2, 0.25) is 0 Å². The maximum absolute atomic E-state index is 10.6. The Balaban J connectivity index is 0.00000480. The van der Waals surface area contributed by atoms with E-state index in [2.05, 4.69) is 15.6 Å². The Morgan fingerprint density at radius 3 is 2.42 bits per heavy atom. The van der Waals surface area contributed by atoms with Crippen molar-refractivity contribution in [2.75, 3.05) is 27.3 Å². The molecule has 0 aliphatic heterocycles. The number of rotatable bonds is 10. The van der Waals surface area contributed by atoms with E-state index in [4.69, 9.17) is 14.2 Å². The molecule has 0 fully saturated rings. The third-order valence-corrected chi connectivity index (χ3v) is 4.29. The second-order valence-corrected chi connectivity index (χ2v) is 7.02. The number of aliphatic hydroxyl groups excluding tert-OH is 1. The molecule has 1 atom stereocenters. The molecule has 1 unspecified atom stereocenters. The van der Waals surface area contributed by atoms with Crippen LogP contribution in [0.15, 0.2) is 47.5 Å². The minimum absolute atomic E-state index is 0. The van der Waals surface area contributed by atoms with Crippen molar-refractivity contribution in [3.05, 3.63) is 53.6 Å². The number of methoxy groups -OCH3 is 2. The van der Waals surface area contributed by atoms with Crippen molar-refractivity contribution in [2.24, 2.45) is 4.99 Å². The maximum Gasteiger partial charge on any atom is 0.191 e. The van der Waals surface area contributed by atoms with Gasteiger partial charge in [0.1, 0.15) is 5.75 Å². The van der Waals surface area contributed by atoms with Crippen LogP contribution in [0.3, 0.4) is 0 Å². The van der Waals surface area contributed by atoms with E-state index in [9.17, 15) is 5.11 Å². The van der Waals surface area contributed by atoms with E-state index in [0.717, 1.165) is 16.9 Å². The van der Waals surface area contributed by atoms with Gasteiger partial charge in [0.15, 0.2) is 17.5 Å². The van der Waals surface area contributed by atoms with E-state index in [1.807, 2.05) is 63.2 Å². The average Bonchev–Trinajstić information content (AvgIpc) is 2.74. The highest BCUT2D eigenvalue weighted by Crippen LogP contribution is 2.27. The molecule has 2 aromatic rings. The van der Waals surface area contributed by atoms with Gasteiger partial charge in [0.2, 0.25) is 0 Å². The van der Waals surface area contributed by atoms with Gasteiger partial charge in [-0.2, -0.15) is 0 Å². The van der Waals surface area contributed by atoms with Gasteiger partial charge in [-0.15, -0.1) is 24.0 Å². The molecule has 31 heavy (non-hydrogen) atoms. The smallest absolute Gasteiger partial charge is 0.191 e. The fraction of sp³-hybridized carbons (Fsp3) is 0.435. The summed E-state index contributed by atoms with van der Waals surface area (Å²) in [7, 11) is 3.22. The number of hydrogen-bond donors (Lipinski definition) is 3. The fourth-order valence-corrected chi connectivity index (χ4v) is 2.87. The minimum Gasteiger partial charge on any atom is -0.493 e. The molecule has 0 aromatic heterocycles. The SMILES string of the molecule is CCNC(=NCc1ccc(OC)c(OC)c1)NCC(O)c1cccc(OC(C)C)c1.I. The summed E-state index contributed by atoms with van der Waals surface area (Å²) in [6, 6.07) is 13.2. The Hall–Kier alpha value is -2.20. The zero-order valence-corrected chi connectivity index (χ0v) is 21.2. The summed E-state index contributed by atoms with van der Waals surface area (Å²) >= 11 is 0. The number of benzene rings is 2. The summed E-state index contributed by atoms with van der Waals surface area (Å²) in [5.74, 6) is 2.72. The zero-order chi connectivity index (χ0) is 21.9. The molecule has 2 rings (SSSR count). The molecule has 0 heterocycles. The number of halogens is 1. The molecule has 8 heteroatoms. The second-order valence-electron chi connectivity index (χ2n) is 7.02. The van der Waals surface area contributed by atoms with Gasteiger partial charge in [-0.1, -0.05) is 18.2 Å². The standard InChI is InChI=1S/C23H33N3O4.HI/c1-6-24-23(25-14-17-10-11-21(28-4)22(12-17)29-5)26-15-20(27)18-8-7-9-19(13-18)30-16(2)3;/h7-13,16,20,27H,6,14-15H2,1-5H3,(H2,24,25,26);1H. The van der Waals surface area contributed by atoms with Gasteiger partial charge in [0.05, 0.1) is 33.0 Å². The van der Waals surface area contributed by atoms with Crippen LogP contribution in [-0.4, -0.2) is 44.5 Å². The third kappa shape index (κ3) is 8.82. The maximum atomic E-state index is 10.6. The first-order valence-corrected chi connectivity index (χ1v) is 10.1. The number of aliphatic hydroxyl groups is 1. The highest BCUT2D eigenvalue weighted by molar-refractivity contribution is 14.0. The normalized spacial score (nSPS) is 12.0. The lowest BCUT2D eigenvalue weighted by Gasteiger charge is -2.17. The van der Waals surface area contributed by atoms with Gasteiger partial charge in [-0.3, -0.25) is 0 Å². The molecular weight excluding hydrogens is 509 g/mol. The summed E-state index contributed by atoms with van der Waals surface area (Å²) in [5.41, 5.74) is 1.78. The van der Waals surface area contributed by atoms with Crippen molar-refractivity contribution in [1.82, 2.24) is 10.6 Å². The molecule has 0 aliphatic carbocycles. The Morgan fingerprint density at radius 1 is 1.03 bits per heavy atom. The topological polar surface area (TPSA) is 84.3 Å². The quantitative estimate of drug-likeness (QED) is 0.240. The molecule has 7 nitrogen and oxygen atoms in total. The summed E-state index contributed by atoms with van der Waals surface area (Å²) in [4.78, 5) is 4.60. The molecule has 0 radical (unpaired) electrons. The van der Waals surface area contributed by atoms with E-state index in [-0.39, 0.29) is 30.1 Å². The first kappa shape index (κ1) is 26.8. The van der Waals surface area contributed by atoms with Crippen LogP contribution in [0.4, 0.5) is 0 Å². The third-order valence-electron chi connectivity index (χ3n) is 4.29.